The van der Waals surface area contributed by atoms with Crippen molar-refractivity contribution < 1.29 is 33.1 Å². The number of rotatable bonds is 5. The maximum atomic E-state index is 15.5. The molecule has 1 amide bonds. The summed E-state index contributed by atoms with van der Waals surface area (Å²) in [5.41, 5.74) is -2.92. The molecule has 2 aliphatic heterocycles. The predicted octanol–water partition coefficient (Wildman–Crippen LogP) is 5.83. The lowest BCUT2D eigenvalue weighted by Gasteiger charge is -2.42. The topological polar surface area (TPSA) is 141 Å². The summed E-state index contributed by atoms with van der Waals surface area (Å²) in [6.45, 7) is 10.3. The molecule has 50 heavy (non-hydrogen) atoms. The second-order valence-corrected chi connectivity index (χ2v) is 12.8. The Labute approximate surface area is 286 Å². The highest BCUT2D eigenvalue weighted by Gasteiger charge is 2.66. The van der Waals surface area contributed by atoms with Crippen LogP contribution in [0.2, 0.25) is 0 Å². The number of fused-ring (bicyclic) bond motifs is 4. The molecule has 0 radical (unpaired) electrons. The Bertz CT molecular complexity index is 2460. The van der Waals surface area contributed by atoms with Gasteiger partial charge in [-0.2, -0.15) is 0 Å². The lowest BCUT2D eigenvalue weighted by atomic mass is 9.65. The van der Waals surface area contributed by atoms with Gasteiger partial charge in [0.2, 0.25) is 5.41 Å². The Balaban J connectivity index is 1.66. The zero-order chi connectivity index (χ0) is 35.8. The fourth-order valence-electron chi connectivity index (χ4n) is 7.38. The number of aryl methyl sites for hydroxylation is 6. The molecule has 0 aliphatic carbocycles. The maximum Gasteiger partial charge on any atom is 0.361 e. The first-order valence-corrected chi connectivity index (χ1v) is 15.9. The van der Waals surface area contributed by atoms with Gasteiger partial charge in [-0.15, -0.1) is 0 Å². The van der Waals surface area contributed by atoms with Crippen LogP contribution in [0.5, 0.6) is 5.75 Å². The van der Waals surface area contributed by atoms with Crippen molar-refractivity contribution >= 4 is 46.0 Å². The third kappa shape index (κ3) is 4.52. The summed E-state index contributed by atoms with van der Waals surface area (Å²) in [4.78, 5) is 94.4. The summed E-state index contributed by atoms with van der Waals surface area (Å²) in [6.07, 6.45) is 0. The Morgan fingerprint density at radius 1 is 0.720 bits per heavy atom. The first kappa shape index (κ1) is 32.3. The molecule has 1 atom stereocenters. The predicted molar refractivity (Wildman–Crippen MR) is 184 cm³/mol. The van der Waals surface area contributed by atoms with Crippen molar-refractivity contribution in [2.75, 3.05) is 4.90 Å². The van der Waals surface area contributed by atoms with Gasteiger partial charge in [0.05, 0.1) is 11.3 Å². The zero-order valence-electron chi connectivity index (χ0n) is 28.1. The molecule has 0 saturated carbocycles. The third-order valence-electron chi connectivity index (χ3n) is 9.28. The first-order valence-electron chi connectivity index (χ1n) is 15.9. The first-order chi connectivity index (χ1) is 23.8. The Kier molecular flexibility index (Phi) is 7.36. The minimum atomic E-state index is -3.10. The van der Waals surface area contributed by atoms with Crippen LogP contribution in [-0.4, -0.2) is 34.2 Å². The van der Waals surface area contributed by atoms with Crippen LogP contribution < -0.4 is 15.3 Å². The molecule has 5 aromatic rings. The van der Waals surface area contributed by atoms with E-state index in [0.29, 0.717) is 22.3 Å². The second-order valence-electron chi connectivity index (χ2n) is 12.8. The lowest BCUT2D eigenvalue weighted by Crippen LogP contribution is -2.65. The lowest BCUT2D eigenvalue weighted by molar-refractivity contribution is -0.137. The molecule has 1 aromatic heterocycles. The summed E-state index contributed by atoms with van der Waals surface area (Å²) < 4.78 is 11.2. The van der Waals surface area contributed by atoms with E-state index < -0.39 is 57.2 Å². The van der Waals surface area contributed by atoms with Gasteiger partial charge in [-0.25, -0.2) is 14.6 Å². The van der Waals surface area contributed by atoms with Gasteiger partial charge in [0.15, 0.2) is 34.4 Å². The Hall–Kier alpha value is -6.29. The molecule has 7 rings (SSSR count). The molecule has 10 heteroatoms. The van der Waals surface area contributed by atoms with Crippen molar-refractivity contribution in [1.82, 2.24) is 4.98 Å². The van der Waals surface area contributed by atoms with Gasteiger partial charge in [0, 0.05) is 11.1 Å². The number of anilines is 1. The Morgan fingerprint density at radius 3 is 1.92 bits per heavy atom. The zero-order valence-corrected chi connectivity index (χ0v) is 28.1. The van der Waals surface area contributed by atoms with Gasteiger partial charge in [-0.1, -0.05) is 59.7 Å². The summed E-state index contributed by atoms with van der Waals surface area (Å²) >= 11 is 0. The van der Waals surface area contributed by atoms with E-state index in [9.17, 15) is 14.4 Å². The number of aromatic nitrogens is 1. The highest BCUT2D eigenvalue weighted by molar-refractivity contribution is 6.49. The molecule has 3 heterocycles. The average molecular weight is 667 g/mol. The van der Waals surface area contributed by atoms with Gasteiger partial charge in [-0.05, 0) is 88.1 Å². The molecule has 0 spiro atoms. The van der Waals surface area contributed by atoms with Gasteiger partial charge < -0.3 is 9.15 Å². The molecule has 4 aromatic carbocycles. The van der Waals surface area contributed by atoms with Crippen molar-refractivity contribution in [3.63, 3.8) is 0 Å². The number of allylic oxidation sites excluding steroid dienone is 1. The number of ether oxygens (including phenoxy) is 1. The average Bonchev–Trinajstić information content (AvgIpc) is 3.04. The smallest absolute Gasteiger partial charge is 0.361 e. The number of amides is 1. The SMILES string of the molecule is Cc1cc(C)c(C(=O)C2=C3C(=O)Oc4ccccc4N3C(=O)C(C(=O)c3c(C)cc(C)cc3C)(c3nc4ccccc4oc3=O)C2=O)c(C)c1. The van der Waals surface area contributed by atoms with Gasteiger partial charge >= 0.3 is 11.6 Å². The van der Waals surface area contributed by atoms with E-state index in [1.165, 1.54) is 24.3 Å². The third-order valence-corrected chi connectivity index (χ3v) is 9.28. The van der Waals surface area contributed by atoms with Crippen LogP contribution in [0.1, 0.15) is 59.8 Å². The number of Topliss-reactive ketones (excluding diaryl/α,β-unsaturated/α-hetero) is 3. The number of ketones is 3. The fourth-order valence-corrected chi connectivity index (χ4v) is 7.38. The number of carbonyl (C=O) groups is 5. The summed E-state index contributed by atoms with van der Waals surface area (Å²) in [6, 6.07) is 19.1. The number of hydrogen-bond acceptors (Lipinski definition) is 9. The van der Waals surface area contributed by atoms with E-state index in [1.807, 2.05) is 13.8 Å². The van der Waals surface area contributed by atoms with Crippen LogP contribution in [0.25, 0.3) is 11.1 Å². The number of nitrogens with zero attached hydrogens (tertiary/aromatic N) is 2. The fraction of sp³-hybridized carbons (Fsp3) is 0.175. The van der Waals surface area contributed by atoms with Crippen LogP contribution in [0.4, 0.5) is 5.69 Å². The van der Waals surface area contributed by atoms with Crippen LogP contribution in [0.15, 0.2) is 93.3 Å². The summed E-state index contributed by atoms with van der Waals surface area (Å²) in [5, 5.41) is 0. The molecular weight excluding hydrogens is 636 g/mol. The van der Waals surface area contributed by atoms with E-state index >= 15 is 14.4 Å². The number of hydrogen-bond donors (Lipinski definition) is 0. The van der Waals surface area contributed by atoms with Crippen molar-refractivity contribution in [2.24, 2.45) is 0 Å². The van der Waals surface area contributed by atoms with E-state index in [1.54, 1.807) is 76.2 Å². The molecule has 2 aliphatic rings. The minimum Gasteiger partial charge on any atom is -0.420 e. The second kappa shape index (κ2) is 11.4. The molecule has 1 unspecified atom stereocenters. The van der Waals surface area contributed by atoms with Crippen LogP contribution >= 0.6 is 0 Å². The number of benzene rings is 4. The number of para-hydroxylation sites is 4. The minimum absolute atomic E-state index is 0.0121. The van der Waals surface area contributed by atoms with Gasteiger partial charge in [0.25, 0.3) is 5.91 Å². The van der Waals surface area contributed by atoms with Crippen molar-refractivity contribution in [2.45, 2.75) is 47.0 Å². The van der Waals surface area contributed by atoms with Crippen LogP contribution in [0.3, 0.4) is 0 Å². The summed E-state index contributed by atoms with van der Waals surface area (Å²) in [7, 11) is 0. The van der Waals surface area contributed by atoms with Gasteiger partial charge in [-0.3, -0.25) is 24.1 Å². The molecule has 0 saturated heterocycles. The normalized spacial score (nSPS) is 17.1. The number of carbonyl (C=O) groups excluding carboxylic acids is 5. The highest BCUT2D eigenvalue weighted by Crippen LogP contribution is 2.47. The molecule has 248 valence electrons. The largest absolute Gasteiger partial charge is 0.420 e. The number of esters is 1. The van der Waals surface area contributed by atoms with Crippen molar-refractivity contribution in [3.05, 3.63) is 145 Å². The molecule has 0 fully saturated rings. The quantitative estimate of drug-likeness (QED) is 0.0745. The van der Waals surface area contributed by atoms with E-state index in [0.717, 1.165) is 16.0 Å². The molecule has 0 bridgehead atoms. The standard InChI is InChI=1S/C40H30N2O8/c1-19-15-21(3)29(22(4)16-19)33(43)31-32-37(46)50-28-14-10-8-12-26(28)42(32)39(48)40(36(31)45,35(44)30-23(5)17-20(2)18-24(30)6)34-38(47)49-27-13-9-7-11-25(27)41-34/h7-18H,1-6H3. The van der Waals surface area contributed by atoms with Crippen molar-refractivity contribution in [1.29, 1.82) is 0 Å². The maximum absolute atomic E-state index is 15.5. The van der Waals surface area contributed by atoms with E-state index in [2.05, 4.69) is 4.98 Å². The summed E-state index contributed by atoms with van der Waals surface area (Å²) in [5.74, 6) is -5.87. The van der Waals surface area contributed by atoms with Crippen molar-refractivity contribution in [3.8, 4) is 5.75 Å². The molecule has 10 nitrogen and oxygen atoms in total. The highest BCUT2D eigenvalue weighted by atomic mass is 16.5. The van der Waals surface area contributed by atoms with Crippen LogP contribution in [-0.2, 0) is 19.8 Å². The monoisotopic (exact) mass is 666 g/mol. The molecule has 0 N–H and O–H groups in total. The van der Waals surface area contributed by atoms with E-state index in [4.69, 9.17) is 9.15 Å². The van der Waals surface area contributed by atoms with E-state index in [-0.39, 0.29) is 33.7 Å². The molecular formula is C40H30N2O8. The van der Waals surface area contributed by atoms with Crippen LogP contribution in [0, 0.1) is 41.5 Å². The Morgan fingerprint density at radius 2 is 1.28 bits per heavy atom. The van der Waals surface area contributed by atoms with Gasteiger partial charge in [0.1, 0.15) is 11.2 Å².